The summed E-state index contributed by atoms with van der Waals surface area (Å²) in [6.45, 7) is 5.27. The Hall–Kier alpha value is -3.03. The lowest BCUT2D eigenvalue weighted by molar-refractivity contribution is -0.137. The molecule has 40 heavy (non-hydrogen) atoms. The van der Waals surface area contributed by atoms with E-state index in [2.05, 4.69) is 20.3 Å². The Morgan fingerprint density at radius 1 is 1.23 bits per heavy atom. The van der Waals surface area contributed by atoms with Crippen LogP contribution in [-0.4, -0.2) is 77.9 Å². The molecule has 0 unspecified atom stereocenters. The fourth-order valence-electron chi connectivity index (χ4n) is 5.43. The lowest BCUT2D eigenvalue weighted by Crippen LogP contribution is -2.50. The van der Waals surface area contributed by atoms with Crippen molar-refractivity contribution in [3.8, 4) is 17.3 Å². The summed E-state index contributed by atoms with van der Waals surface area (Å²) in [7, 11) is 1.77. The minimum atomic E-state index is -4.85. The van der Waals surface area contributed by atoms with Crippen LogP contribution in [0.5, 0.6) is 6.01 Å². The van der Waals surface area contributed by atoms with Crippen LogP contribution in [0.15, 0.2) is 12.1 Å². The first-order valence-electron chi connectivity index (χ1n) is 12.8. The van der Waals surface area contributed by atoms with Gasteiger partial charge < -0.3 is 20.7 Å². The molecule has 2 aromatic heterocycles. The third-order valence-corrected chi connectivity index (χ3v) is 7.71. The second-order valence-corrected chi connectivity index (χ2v) is 10.7. The van der Waals surface area contributed by atoms with E-state index in [1.807, 2.05) is 16.7 Å². The summed E-state index contributed by atoms with van der Waals surface area (Å²) >= 11 is 6.49. The van der Waals surface area contributed by atoms with Crippen molar-refractivity contribution in [3.63, 3.8) is 0 Å². The Balaban J connectivity index is 1.69. The van der Waals surface area contributed by atoms with Crippen LogP contribution in [0, 0.1) is 12.7 Å². The average Bonchev–Trinajstić information content (AvgIpc) is 3.18. The Morgan fingerprint density at radius 3 is 2.62 bits per heavy atom. The summed E-state index contributed by atoms with van der Waals surface area (Å²) in [5.41, 5.74) is 2.83. The van der Waals surface area contributed by atoms with Crippen LogP contribution in [0.25, 0.3) is 22.2 Å². The molecule has 2 aliphatic heterocycles. The van der Waals surface area contributed by atoms with Crippen molar-refractivity contribution in [1.82, 2.24) is 25.2 Å². The minimum absolute atomic E-state index is 0.0508. The van der Waals surface area contributed by atoms with Crippen molar-refractivity contribution in [2.75, 3.05) is 50.5 Å². The number of fused-ring (bicyclic) bond motifs is 1. The number of nitrogen functional groups attached to an aromatic ring is 1. The number of nitrogens with one attached hydrogen (secondary N) is 1. The minimum Gasteiger partial charge on any atom is -0.462 e. The number of aromatic nitrogens is 3. The van der Waals surface area contributed by atoms with E-state index in [9.17, 15) is 17.6 Å². The molecular weight excluding hydrogens is 557 g/mol. The van der Waals surface area contributed by atoms with Gasteiger partial charge in [0.25, 0.3) is 0 Å². The molecule has 0 spiro atoms. The molecule has 3 N–H and O–H groups in total. The predicted octanol–water partition coefficient (Wildman–Crippen LogP) is 4.61. The number of hydrogen-bond acceptors (Lipinski definition) is 8. The number of likely N-dealkylation sites (N-methyl/N-ethyl adjacent to an activating group) is 1. The van der Waals surface area contributed by atoms with E-state index in [1.165, 1.54) is 13.0 Å². The Kier molecular flexibility index (Phi) is 7.66. The van der Waals surface area contributed by atoms with Crippen molar-refractivity contribution in [1.29, 1.82) is 0 Å². The number of ether oxygens (including phenoxy) is 1. The molecule has 2 saturated heterocycles. The van der Waals surface area contributed by atoms with E-state index in [0.717, 1.165) is 6.07 Å². The zero-order valence-corrected chi connectivity index (χ0v) is 22.9. The van der Waals surface area contributed by atoms with Gasteiger partial charge in [0.1, 0.15) is 29.9 Å². The lowest BCUT2D eigenvalue weighted by Gasteiger charge is -2.35. The molecule has 2 aliphatic rings. The first-order chi connectivity index (χ1) is 18.8. The van der Waals surface area contributed by atoms with Crippen molar-refractivity contribution >= 4 is 34.1 Å². The highest BCUT2D eigenvalue weighted by Crippen LogP contribution is 2.44. The molecule has 5 rings (SSSR count). The van der Waals surface area contributed by atoms with E-state index in [0.29, 0.717) is 25.5 Å². The van der Waals surface area contributed by atoms with Crippen LogP contribution in [0.4, 0.5) is 33.6 Å². The van der Waals surface area contributed by atoms with Crippen molar-refractivity contribution < 1.29 is 26.7 Å². The number of benzene rings is 1. The maximum Gasteiger partial charge on any atom is 0.418 e. The zero-order chi connectivity index (χ0) is 28.9. The number of pyridine rings is 1. The number of hydrogen-bond donors (Lipinski definition) is 2. The van der Waals surface area contributed by atoms with Gasteiger partial charge in [-0.3, -0.25) is 4.90 Å². The second kappa shape index (κ2) is 10.7. The Morgan fingerprint density at radius 2 is 1.98 bits per heavy atom. The highest BCUT2D eigenvalue weighted by Gasteiger charge is 2.39. The molecule has 0 saturated carbocycles. The van der Waals surface area contributed by atoms with Crippen molar-refractivity contribution in [3.05, 3.63) is 34.1 Å². The van der Waals surface area contributed by atoms with Crippen LogP contribution in [0.1, 0.15) is 24.5 Å². The smallest absolute Gasteiger partial charge is 0.418 e. The van der Waals surface area contributed by atoms with Gasteiger partial charge in [-0.2, -0.15) is 23.1 Å². The summed E-state index contributed by atoms with van der Waals surface area (Å²) in [6, 6.07) is 1.95. The molecule has 2 fully saturated rings. The van der Waals surface area contributed by atoms with Gasteiger partial charge >= 0.3 is 12.2 Å². The van der Waals surface area contributed by atoms with Gasteiger partial charge in [0, 0.05) is 43.6 Å². The van der Waals surface area contributed by atoms with Crippen molar-refractivity contribution in [2.24, 2.45) is 0 Å². The van der Waals surface area contributed by atoms with E-state index < -0.39 is 35.0 Å². The number of aryl methyl sites for hydroxylation is 1. The van der Waals surface area contributed by atoms with Gasteiger partial charge in [-0.15, -0.1) is 0 Å². The molecule has 0 aliphatic carbocycles. The Bertz CT molecular complexity index is 1440. The van der Waals surface area contributed by atoms with Gasteiger partial charge in [-0.05, 0) is 45.0 Å². The van der Waals surface area contributed by atoms with Crippen molar-refractivity contribution in [2.45, 2.75) is 44.7 Å². The van der Waals surface area contributed by atoms with Crippen LogP contribution < -0.4 is 20.7 Å². The van der Waals surface area contributed by atoms with Crippen LogP contribution in [0.3, 0.4) is 0 Å². The maximum atomic E-state index is 16.4. The third kappa shape index (κ3) is 5.34. The molecule has 3 aromatic rings. The summed E-state index contributed by atoms with van der Waals surface area (Å²) in [6.07, 6.45) is -5.58. The molecule has 14 heteroatoms. The lowest BCUT2D eigenvalue weighted by atomic mass is 9.99. The number of likely N-dealkylation sites (tertiary alicyclic amines) is 1. The highest BCUT2D eigenvalue weighted by molar-refractivity contribution is 6.34. The van der Waals surface area contributed by atoms with E-state index in [4.69, 9.17) is 22.1 Å². The molecule has 1 aromatic carbocycles. The number of anilines is 2. The molecule has 4 heterocycles. The predicted molar refractivity (Wildman–Crippen MR) is 143 cm³/mol. The molecule has 216 valence electrons. The van der Waals surface area contributed by atoms with E-state index >= 15 is 4.39 Å². The van der Waals surface area contributed by atoms with Gasteiger partial charge in [-0.1, -0.05) is 11.6 Å². The van der Waals surface area contributed by atoms with E-state index in [1.54, 1.807) is 7.05 Å². The number of nitrogens with zero attached hydrogens (tertiary/aromatic N) is 5. The first kappa shape index (κ1) is 28.5. The van der Waals surface area contributed by atoms with Gasteiger partial charge in [-0.25, -0.2) is 13.8 Å². The van der Waals surface area contributed by atoms with Gasteiger partial charge in [0.15, 0.2) is 5.82 Å². The molecule has 0 bridgehead atoms. The quantitative estimate of drug-likeness (QED) is 0.420. The zero-order valence-electron chi connectivity index (χ0n) is 22.1. The summed E-state index contributed by atoms with van der Waals surface area (Å²) in [5, 5.41) is 3.18. The average molecular weight is 586 g/mol. The normalized spacial score (nSPS) is 22.3. The summed E-state index contributed by atoms with van der Waals surface area (Å²) in [5.74, 6) is -0.995. The topological polar surface area (TPSA) is 92.4 Å². The fourth-order valence-corrected chi connectivity index (χ4v) is 5.71. The monoisotopic (exact) mass is 585 g/mol. The largest absolute Gasteiger partial charge is 0.462 e. The van der Waals surface area contributed by atoms with Crippen LogP contribution in [0.2, 0.25) is 5.02 Å². The second-order valence-electron chi connectivity index (χ2n) is 10.3. The highest BCUT2D eigenvalue weighted by atomic mass is 35.5. The van der Waals surface area contributed by atoms with Crippen LogP contribution >= 0.6 is 11.6 Å². The summed E-state index contributed by atoms with van der Waals surface area (Å²) < 4.78 is 78.4. The number of alkyl halides is 4. The maximum absolute atomic E-state index is 16.4. The standard InChI is InChI=1S/C26H29ClF5N7O/c1-12-6-18(33)35-23(20(12)26(30,31)32)19-17(27)8-16-22(21(19)29)36-25(40-11-15-7-14(28)10-38(15)3)37-24(16)39-5-4-34-9-13(39)2/h6,8,13-15,34H,4-5,7,9-11H2,1-3H3,(H2,33,35)/t13-,14+,15-/m0/s1. The molecule has 8 nitrogen and oxygen atoms in total. The fraction of sp³-hybridized carbons (Fsp3) is 0.500. The SMILES string of the molecule is Cc1cc(N)nc(-c2c(Cl)cc3c(N4CCNC[C@@H]4C)nc(OC[C@@H]4C[C@@H](F)CN4C)nc3c2F)c1C(F)(F)F. The van der Waals surface area contributed by atoms with Crippen LogP contribution in [-0.2, 0) is 6.18 Å². The number of nitrogens with two attached hydrogens (primary N) is 1. The molecule has 0 radical (unpaired) electrons. The van der Waals surface area contributed by atoms with E-state index in [-0.39, 0.29) is 65.0 Å². The number of piperazine rings is 1. The summed E-state index contributed by atoms with van der Waals surface area (Å²) in [4.78, 5) is 16.4. The first-order valence-corrected chi connectivity index (χ1v) is 13.2. The Labute approximate surface area is 232 Å². The number of halogens is 6. The molecule has 3 atom stereocenters. The third-order valence-electron chi connectivity index (χ3n) is 7.41. The molecular formula is C26H29ClF5N7O. The number of rotatable bonds is 5. The van der Waals surface area contributed by atoms with Gasteiger partial charge in [0.05, 0.1) is 21.8 Å². The van der Waals surface area contributed by atoms with Gasteiger partial charge in [0.2, 0.25) is 0 Å². The molecule has 0 amide bonds.